The number of carbonyl (C=O) groups is 2. The summed E-state index contributed by atoms with van der Waals surface area (Å²) in [6.45, 7) is 6.26. The third-order valence-electron chi connectivity index (χ3n) is 3.98. The highest BCUT2D eigenvalue weighted by molar-refractivity contribution is 6.79. The molecule has 1 N–H and O–H groups in total. The summed E-state index contributed by atoms with van der Waals surface area (Å²) >= 11 is 0. The fourth-order valence-corrected chi connectivity index (χ4v) is 6.84. The lowest BCUT2D eigenvalue weighted by Crippen LogP contribution is -2.58. The van der Waals surface area contributed by atoms with Crippen LogP contribution in [0.1, 0.15) is 33.6 Å². The zero-order chi connectivity index (χ0) is 12.3. The molecule has 1 rings (SSSR count). The molecule has 0 aromatic rings. The normalized spacial score (nSPS) is 21.6. The molecule has 1 atom stereocenters. The van der Waals surface area contributed by atoms with Crippen LogP contribution in [0.3, 0.4) is 0 Å². The van der Waals surface area contributed by atoms with Crippen LogP contribution in [0.5, 0.6) is 0 Å². The Balaban J connectivity index is 3.05. The van der Waals surface area contributed by atoms with Crippen LogP contribution in [0.4, 0.5) is 0 Å². The Morgan fingerprint density at radius 2 is 1.88 bits per heavy atom. The quantitative estimate of drug-likeness (QED) is 0.752. The van der Waals surface area contributed by atoms with Crippen LogP contribution in [-0.2, 0) is 9.59 Å². The molecule has 0 bridgehead atoms. The molecule has 0 spiro atoms. The van der Waals surface area contributed by atoms with Crippen LogP contribution >= 0.6 is 0 Å². The van der Waals surface area contributed by atoms with E-state index < -0.39 is 20.2 Å². The lowest BCUT2D eigenvalue weighted by Gasteiger charge is -2.40. The van der Waals surface area contributed by atoms with E-state index in [1.807, 2.05) is 0 Å². The fourth-order valence-electron chi connectivity index (χ4n) is 2.77. The maximum Gasteiger partial charge on any atom is 0.325 e. The Labute approximate surface area is 97.7 Å². The molecule has 0 radical (unpaired) electrons. The van der Waals surface area contributed by atoms with Gasteiger partial charge in [0.05, 0.1) is 0 Å². The average Bonchev–Trinajstić information content (AvgIpc) is 2.65. The minimum absolute atomic E-state index is 0.0598. The van der Waals surface area contributed by atoms with Crippen molar-refractivity contribution in [2.75, 3.05) is 0 Å². The number of rotatable bonds is 5. The van der Waals surface area contributed by atoms with Gasteiger partial charge in [0, 0.05) is 6.42 Å². The molecule has 16 heavy (non-hydrogen) atoms. The van der Waals surface area contributed by atoms with E-state index in [2.05, 4.69) is 20.8 Å². The maximum absolute atomic E-state index is 11.9. The summed E-state index contributed by atoms with van der Waals surface area (Å²) in [5.41, 5.74) is 0. The van der Waals surface area contributed by atoms with E-state index in [4.69, 9.17) is 0 Å². The molecule has 0 aliphatic carbocycles. The third-order valence-corrected chi connectivity index (χ3v) is 9.51. The smallest absolute Gasteiger partial charge is 0.325 e. The number of carbonyl (C=O) groups excluding carboxylic acids is 1. The van der Waals surface area contributed by atoms with Gasteiger partial charge in [-0.2, -0.15) is 0 Å². The van der Waals surface area contributed by atoms with E-state index in [0.29, 0.717) is 12.8 Å². The van der Waals surface area contributed by atoms with Crippen molar-refractivity contribution in [1.29, 1.82) is 0 Å². The third kappa shape index (κ3) is 2.00. The molecule has 0 aromatic heterocycles. The highest BCUT2D eigenvalue weighted by Gasteiger charge is 2.47. The highest BCUT2D eigenvalue weighted by Crippen LogP contribution is 2.33. The summed E-state index contributed by atoms with van der Waals surface area (Å²) in [4.78, 5) is 23.1. The molecule has 1 amide bonds. The number of carboxylic acid groups (broad SMARTS) is 1. The predicted molar refractivity (Wildman–Crippen MR) is 64.7 cm³/mol. The molecule has 0 aromatic carbocycles. The van der Waals surface area contributed by atoms with Gasteiger partial charge in [0.25, 0.3) is 0 Å². The monoisotopic (exact) mass is 243 g/mol. The molecule has 1 aliphatic rings. The van der Waals surface area contributed by atoms with Crippen LogP contribution in [0.25, 0.3) is 0 Å². The Morgan fingerprint density at radius 3 is 2.25 bits per heavy atom. The second-order valence-electron chi connectivity index (χ2n) is 4.44. The second-order valence-corrected chi connectivity index (χ2v) is 9.49. The van der Waals surface area contributed by atoms with Gasteiger partial charge >= 0.3 is 5.97 Å². The van der Waals surface area contributed by atoms with Crippen LogP contribution in [-0.4, -0.2) is 35.8 Å². The van der Waals surface area contributed by atoms with Crippen molar-refractivity contribution >= 4 is 20.1 Å². The first kappa shape index (κ1) is 13.2. The first-order valence-electron chi connectivity index (χ1n) is 6.07. The Morgan fingerprint density at radius 1 is 1.38 bits per heavy atom. The summed E-state index contributed by atoms with van der Waals surface area (Å²) in [5, 5.41) is 9.18. The van der Waals surface area contributed by atoms with Crippen molar-refractivity contribution in [3.63, 3.8) is 0 Å². The molecular formula is C11H21NO3Si. The number of hydrogen-bond acceptors (Lipinski definition) is 2. The number of hydrogen-bond donors (Lipinski definition) is 1. The van der Waals surface area contributed by atoms with Gasteiger partial charge in [-0.15, -0.1) is 0 Å². The van der Waals surface area contributed by atoms with Crippen LogP contribution in [0.2, 0.25) is 18.1 Å². The first-order valence-corrected chi connectivity index (χ1v) is 8.64. The summed E-state index contributed by atoms with van der Waals surface area (Å²) in [7, 11) is -1.87. The maximum atomic E-state index is 11.9. The minimum Gasteiger partial charge on any atom is -0.480 e. The lowest BCUT2D eigenvalue weighted by atomic mass is 10.2. The number of nitrogens with zero attached hydrogens (tertiary/aromatic N) is 1. The van der Waals surface area contributed by atoms with E-state index in [0.717, 1.165) is 18.1 Å². The van der Waals surface area contributed by atoms with Crippen molar-refractivity contribution in [2.45, 2.75) is 57.8 Å². The molecule has 0 unspecified atom stereocenters. The van der Waals surface area contributed by atoms with Gasteiger partial charge in [-0.3, -0.25) is 9.59 Å². The Kier molecular flexibility index (Phi) is 4.13. The van der Waals surface area contributed by atoms with E-state index >= 15 is 0 Å². The average molecular weight is 243 g/mol. The van der Waals surface area contributed by atoms with Gasteiger partial charge < -0.3 is 9.67 Å². The van der Waals surface area contributed by atoms with Gasteiger partial charge in [0.1, 0.15) is 6.04 Å². The van der Waals surface area contributed by atoms with Gasteiger partial charge in [-0.25, -0.2) is 0 Å². The highest BCUT2D eigenvalue weighted by atomic mass is 28.3. The topological polar surface area (TPSA) is 57.6 Å². The van der Waals surface area contributed by atoms with Crippen LogP contribution in [0, 0.1) is 0 Å². The van der Waals surface area contributed by atoms with Gasteiger partial charge in [0.2, 0.25) is 5.91 Å². The molecule has 1 saturated heterocycles. The Bertz CT molecular complexity index is 281. The summed E-state index contributed by atoms with van der Waals surface area (Å²) in [6, 6.07) is 2.31. The molecule has 92 valence electrons. The van der Waals surface area contributed by atoms with Crippen molar-refractivity contribution in [2.24, 2.45) is 0 Å². The zero-order valence-corrected chi connectivity index (χ0v) is 11.3. The van der Waals surface area contributed by atoms with Crippen LogP contribution in [0.15, 0.2) is 0 Å². The van der Waals surface area contributed by atoms with E-state index in [-0.39, 0.29) is 5.91 Å². The number of aliphatic carboxylic acids is 1. The van der Waals surface area contributed by atoms with Crippen molar-refractivity contribution in [1.82, 2.24) is 4.57 Å². The second kappa shape index (κ2) is 4.99. The Hall–Kier alpha value is -0.843. The fraction of sp³-hybridized carbons (Fsp3) is 0.818. The van der Waals surface area contributed by atoms with Crippen molar-refractivity contribution in [3.8, 4) is 0 Å². The molecule has 1 fully saturated rings. The van der Waals surface area contributed by atoms with Gasteiger partial charge in [-0.1, -0.05) is 20.8 Å². The molecule has 0 saturated carbocycles. The number of carboxylic acids is 1. The first-order chi connectivity index (χ1) is 7.52. The zero-order valence-electron chi connectivity index (χ0n) is 10.3. The van der Waals surface area contributed by atoms with Crippen molar-refractivity contribution < 1.29 is 14.7 Å². The van der Waals surface area contributed by atoms with E-state index in [1.54, 1.807) is 4.57 Å². The SMILES string of the molecule is CC[Si](CC)(CC)N1C(=O)CC[C@H]1C(=O)O. The molecular weight excluding hydrogens is 222 g/mol. The van der Waals surface area contributed by atoms with Crippen LogP contribution < -0.4 is 0 Å². The summed E-state index contributed by atoms with van der Waals surface area (Å²) in [6.07, 6.45) is 0.897. The predicted octanol–water partition coefficient (Wildman–Crippen LogP) is 2.07. The summed E-state index contributed by atoms with van der Waals surface area (Å²) in [5.74, 6) is -0.775. The standard InChI is InChI=1S/C11H21NO3Si/c1-4-16(5-2,6-3)12-9(11(14)15)7-8-10(12)13/h9H,4-8H2,1-3H3,(H,14,15)/t9-/m0/s1. The van der Waals surface area contributed by atoms with Crippen molar-refractivity contribution in [3.05, 3.63) is 0 Å². The lowest BCUT2D eigenvalue weighted by molar-refractivity contribution is -0.143. The largest absolute Gasteiger partial charge is 0.480 e. The van der Waals surface area contributed by atoms with Gasteiger partial charge in [0.15, 0.2) is 8.24 Å². The number of amides is 1. The van der Waals surface area contributed by atoms with E-state index in [9.17, 15) is 14.7 Å². The van der Waals surface area contributed by atoms with E-state index in [1.165, 1.54) is 0 Å². The molecule has 1 aliphatic heterocycles. The minimum atomic E-state index is -1.87. The molecule has 5 heteroatoms. The molecule has 4 nitrogen and oxygen atoms in total. The summed E-state index contributed by atoms with van der Waals surface area (Å²) < 4.78 is 1.77. The molecule has 1 heterocycles. The van der Waals surface area contributed by atoms with Gasteiger partial charge in [-0.05, 0) is 24.6 Å².